The lowest BCUT2D eigenvalue weighted by atomic mass is 10.1. The maximum atomic E-state index is 12.5. The fourth-order valence-electron chi connectivity index (χ4n) is 3.00. The number of hydrogen-bond donors (Lipinski definition) is 1. The molecule has 0 radical (unpaired) electrons. The molecule has 2 aromatic rings. The molecule has 0 unspecified atom stereocenters. The fraction of sp³-hybridized carbons (Fsp3) is 0.238. The highest BCUT2D eigenvalue weighted by atomic mass is 16.5. The van der Waals surface area contributed by atoms with Crippen LogP contribution in [-0.4, -0.2) is 22.9 Å². The van der Waals surface area contributed by atoms with E-state index in [2.05, 4.69) is 6.58 Å². The molecule has 0 spiro atoms. The summed E-state index contributed by atoms with van der Waals surface area (Å²) in [6, 6.07) is 5.54. The van der Waals surface area contributed by atoms with Crippen LogP contribution >= 0.6 is 0 Å². The lowest BCUT2D eigenvalue weighted by molar-refractivity contribution is -0.114. The Labute approximate surface area is 153 Å². The number of nitrogens with two attached hydrogens (primary N) is 1. The van der Waals surface area contributed by atoms with Gasteiger partial charge in [-0.05, 0) is 38.5 Å². The Morgan fingerprint density at radius 1 is 1.31 bits per heavy atom. The minimum absolute atomic E-state index is 0.295. The summed E-state index contributed by atoms with van der Waals surface area (Å²) in [7, 11) is 0. The topological polar surface area (TPSA) is 74.3 Å². The van der Waals surface area contributed by atoms with E-state index in [-0.39, 0.29) is 0 Å². The first-order valence-corrected chi connectivity index (χ1v) is 8.43. The van der Waals surface area contributed by atoms with Crippen LogP contribution in [0.25, 0.3) is 10.9 Å². The van der Waals surface area contributed by atoms with Crippen LogP contribution in [0.3, 0.4) is 0 Å². The molecule has 1 aromatic carbocycles. The van der Waals surface area contributed by atoms with Crippen LogP contribution in [-0.2, 0) is 11.3 Å². The average Bonchev–Trinajstić information content (AvgIpc) is 2.91. The quantitative estimate of drug-likeness (QED) is 0.341. The third-order valence-corrected chi connectivity index (χ3v) is 4.21. The van der Waals surface area contributed by atoms with Gasteiger partial charge in [-0.25, -0.2) is 0 Å². The predicted octanol–water partition coefficient (Wildman–Crippen LogP) is 3.70. The van der Waals surface area contributed by atoms with Crippen molar-refractivity contribution in [1.82, 2.24) is 4.57 Å². The standard InChI is InChI=1S/C21H24N2O3/c1-5-9-15(7-3)13-23-14(4)18(20(24)21(22)25)19-16(23)10-8-11-17(19)26-12-6-2/h5-11H,2,12-13H2,1,3-4H3,(H2,22,25)/b9-5-,15-7+. The molecule has 5 heteroatoms. The molecule has 0 bridgehead atoms. The van der Waals surface area contributed by atoms with Crippen molar-refractivity contribution in [3.63, 3.8) is 0 Å². The lowest BCUT2D eigenvalue weighted by Gasteiger charge is -2.10. The first-order chi connectivity index (χ1) is 12.5. The van der Waals surface area contributed by atoms with Gasteiger partial charge in [0, 0.05) is 12.2 Å². The molecule has 1 heterocycles. The van der Waals surface area contributed by atoms with E-state index < -0.39 is 11.7 Å². The number of aromatic nitrogens is 1. The SMILES string of the molecule is C=CCOc1cccc2c1c(C(=O)C(N)=O)c(C)n2CC(/C=C\C)=C/C. The molecule has 0 aliphatic heterocycles. The number of amides is 1. The van der Waals surface area contributed by atoms with Crippen molar-refractivity contribution in [3.05, 3.63) is 65.9 Å². The molecule has 0 fully saturated rings. The summed E-state index contributed by atoms with van der Waals surface area (Å²) in [6.45, 7) is 10.2. The molecule has 0 aliphatic rings. The number of benzene rings is 1. The van der Waals surface area contributed by atoms with Gasteiger partial charge in [0.25, 0.3) is 11.7 Å². The number of rotatable bonds is 8. The molecule has 0 atom stereocenters. The number of ether oxygens (including phenoxy) is 1. The third-order valence-electron chi connectivity index (χ3n) is 4.21. The summed E-state index contributed by atoms with van der Waals surface area (Å²) in [5, 5.41) is 0.603. The minimum Gasteiger partial charge on any atom is -0.489 e. The molecular weight excluding hydrogens is 328 g/mol. The van der Waals surface area contributed by atoms with Crippen molar-refractivity contribution in [2.75, 3.05) is 6.61 Å². The first-order valence-electron chi connectivity index (χ1n) is 8.43. The van der Waals surface area contributed by atoms with Crippen molar-refractivity contribution in [3.8, 4) is 5.75 Å². The Balaban J connectivity index is 2.77. The van der Waals surface area contributed by atoms with E-state index in [1.165, 1.54) is 0 Å². The number of nitrogens with zero attached hydrogens (tertiary/aromatic N) is 1. The van der Waals surface area contributed by atoms with E-state index in [0.29, 0.717) is 35.5 Å². The summed E-state index contributed by atoms with van der Waals surface area (Å²) in [5.74, 6) is -1.17. The summed E-state index contributed by atoms with van der Waals surface area (Å²) in [5.41, 5.74) is 8.17. The highest BCUT2D eigenvalue weighted by Gasteiger charge is 2.25. The Hall–Kier alpha value is -3.08. The number of allylic oxidation sites excluding steroid dienone is 4. The Morgan fingerprint density at radius 2 is 2.04 bits per heavy atom. The van der Waals surface area contributed by atoms with Gasteiger partial charge in [-0.1, -0.05) is 36.9 Å². The molecule has 1 aromatic heterocycles. The van der Waals surface area contributed by atoms with Crippen LogP contribution in [0.2, 0.25) is 0 Å². The largest absolute Gasteiger partial charge is 0.489 e. The highest BCUT2D eigenvalue weighted by molar-refractivity contribution is 6.45. The summed E-state index contributed by atoms with van der Waals surface area (Å²) < 4.78 is 7.72. The van der Waals surface area contributed by atoms with Gasteiger partial charge in [0.05, 0.1) is 16.5 Å². The van der Waals surface area contributed by atoms with Gasteiger partial charge in [0.1, 0.15) is 12.4 Å². The highest BCUT2D eigenvalue weighted by Crippen LogP contribution is 2.34. The molecule has 2 rings (SSSR count). The zero-order valence-electron chi connectivity index (χ0n) is 15.4. The summed E-state index contributed by atoms with van der Waals surface area (Å²) in [6.07, 6.45) is 7.62. The van der Waals surface area contributed by atoms with Crippen molar-refractivity contribution in [1.29, 1.82) is 0 Å². The maximum absolute atomic E-state index is 12.5. The number of fused-ring (bicyclic) bond motifs is 1. The van der Waals surface area contributed by atoms with Gasteiger partial charge in [-0.3, -0.25) is 9.59 Å². The van der Waals surface area contributed by atoms with E-state index in [1.807, 2.05) is 55.7 Å². The molecule has 136 valence electrons. The molecular formula is C21H24N2O3. The molecule has 1 amide bonds. The molecule has 2 N–H and O–H groups in total. The smallest absolute Gasteiger partial charge is 0.289 e. The van der Waals surface area contributed by atoms with E-state index >= 15 is 0 Å². The van der Waals surface area contributed by atoms with Crippen molar-refractivity contribution >= 4 is 22.6 Å². The van der Waals surface area contributed by atoms with E-state index in [4.69, 9.17) is 10.5 Å². The van der Waals surface area contributed by atoms with E-state index in [9.17, 15) is 9.59 Å². The molecule has 26 heavy (non-hydrogen) atoms. The Morgan fingerprint density at radius 3 is 2.62 bits per heavy atom. The van der Waals surface area contributed by atoms with Gasteiger partial charge in [0.15, 0.2) is 0 Å². The summed E-state index contributed by atoms with van der Waals surface area (Å²) >= 11 is 0. The second kappa shape index (κ2) is 8.34. The Kier molecular flexibility index (Phi) is 6.17. The molecule has 0 saturated heterocycles. The average molecular weight is 352 g/mol. The van der Waals surface area contributed by atoms with Gasteiger partial charge < -0.3 is 15.0 Å². The van der Waals surface area contributed by atoms with E-state index in [0.717, 1.165) is 11.1 Å². The molecule has 0 saturated carbocycles. The zero-order chi connectivity index (χ0) is 19.3. The van der Waals surface area contributed by atoms with Gasteiger partial charge in [-0.15, -0.1) is 0 Å². The number of ketones is 1. The monoisotopic (exact) mass is 352 g/mol. The first kappa shape index (κ1) is 19.2. The van der Waals surface area contributed by atoms with Crippen LogP contribution in [0, 0.1) is 6.92 Å². The number of hydrogen-bond acceptors (Lipinski definition) is 3. The van der Waals surface area contributed by atoms with Crippen LogP contribution in [0.1, 0.15) is 29.9 Å². The van der Waals surface area contributed by atoms with Crippen LogP contribution in [0.5, 0.6) is 5.75 Å². The van der Waals surface area contributed by atoms with Gasteiger partial charge in [-0.2, -0.15) is 0 Å². The second-order valence-electron chi connectivity index (χ2n) is 5.85. The predicted molar refractivity (Wildman–Crippen MR) is 104 cm³/mol. The second-order valence-corrected chi connectivity index (χ2v) is 5.85. The van der Waals surface area contributed by atoms with Crippen LogP contribution in [0.4, 0.5) is 0 Å². The summed E-state index contributed by atoms with van der Waals surface area (Å²) in [4.78, 5) is 24.1. The van der Waals surface area contributed by atoms with Crippen molar-refractivity contribution < 1.29 is 14.3 Å². The fourth-order valence-corrected chi connectivity index (χ4v) is 3.00. The van der Waals surface area contributed by atoms with Gasteiger partial charge >= 0.3 is 0 Å². The van der Waals surface area contributed by atoms with E-state index in [1.54, 1.807) is 12.1 Å². The molecule has 5 nitrogen and oxygen atoms in total. The lowest BCUT2D eigenvalue weighted by Crippen LogP contribution is -2.24. The number of Topliss-reactive ketones (excluding diaryl/α,β-unsaturated/α-hetero) is 1. The van der Waals surface area contributed by atoms with Crippen LogP contribution < -0.4 is 10.5 Å². The van der Waals surface area contributed by atoms with Crippen molar-refractivity contribution in [2.45, 2.75) is 27.3 Å². The number of carbonyl (C=O) groups excluding carboxylic acids is 2. The molecule has 0 aliphatic carbocycles. The normalized spacial score (nSPS) is 11.9. The maximum Gasteiger partial charge on any atom is 0.289 e. The van der Waals surface area contributed by atoms with Gasteiger partial charge in [0.2, 0.25) is 0 Å². The zero-order valence-corrected chi connectivity index (χ0v) is 15.4. The van der Waals surface area contributed by atoms with Crippen molar-refractivity contribution in [2.24, 2.45) is 5.73 Å². The third kappa shape index (κ3) is 3.61. The van der Waals surface area contributed by atoms with Crippen LogP contribution in [0.15, 0.2) is 54.7 Å². The Bertz CT molecular complexity index is 917. The minimum atomic E-state index is -0.981. The number of primary amides is 1. The number of carbonyl (C=O) groups is 2.